The Labute approximate surface area is 131 Å². The summed E-state index contributed by atoms with van der Waals surface area (Å²) in [5.74, 6) is -2.02. The minimum Gasteiger partial charge on any atom is -0.496 e. The third-order valence-electron chi connectivity index (χ3n) is 3.49. The average Bonchev–Trinajstić information content (AvgIpc) is 2.61. The first-order valence-corrected chi connectivity index (χ1v) is 7.95. The van der Waals surface area contributed by atoms with Crippen LogP contribution in [0.4, 0.5) is 5.69 Å². The van der Waals surface area contributed by atoms with Gasteiger partial charge in [-0.15, -0.1) is 0 Å². The molecule has 0 spiro atoms. The van der Waals surface area contributed by atoms with E-state index in [1.165, 1.54) is 25.3 Å². The number of fused-ring (bicyclic) bond motifs is 2. The van der Waals surface area contributed by atoms with Crippen molar-refractivity contribution in [2.45, 2.75) is 9.79 Å². The fourth-order valence-corrected chi connectivity index (χ4v) is 4.02. The van der Waals surface area contributed by atoms with Crippen molar-refractivity contribution >= 4 is 27.4 Å². The number of hydrogen-bond donors (Lipinski definition) is 2. The first-order valence-electron chi connectivity index (χ1n) is 6.47. The number of methoxy groups -OCH3 is 1. The van der Waals surface area contributed by atoms with Gasteiger partial charge in [-0.3, -0.25) is 4.79 Å². The van der Waals surface area contributed by atoms with Crippen molar-refractivity contribution in [3.05, 3.63) is 47.5 Å². The van der Waals surface area contributed by atoms with E-state index in [-0.39, 0.29) is 32.4 Å². The van der Waals surface area contributed by atoms with Crippen molar-refractivity contribution < 1.29 is 27.9 Å². The van der Waals surface area contributed by atoms with E-state index < -0.39 is 21.7 Å². The lowest BCUT2D eigenvalue weighted by Gasteiger charge is -2.12. The van der Waals surface area contributed by atoms with E-state index in [1.54, 1.807) is 6.07 Å². The lowest BCUT2D eigenvalue weighted by Crippen LogP contribution is -2.12. The van der Waals surface area contributed by atoms with Gasteiger partial charge < -0.3 is 15.2 Å². The zero-order chi connectivity index (χ0) is 16.8. The highest BCUT2D eigenvalue weighted by atomic mass is 32.2. The number of rotatable bonds is 2. The standard InChI is InChI=1S/C15H11NO6S/c1-22-11-7-13-10(6-9(11)15(18)19)16-14(17)8-4-2-3-5-12(8)23(13,20)21/h2-7H,1H3,(H,16,17)(H,18,19). The highest BCUT2D eigenvalue weighted by Crippen LogP contribution is 2.37. The molecule has 1 aliphatic rings. The van der Waals surface area contributed by atoms with Gasteiger partial charge in [-0.25, -0.2) is 13.2 Å². The van der Waals surface area contributed by atoms with Gasteiger partial charge in [0.15, 0.2) is 0 Å². The second-order valence-corrected chi connectivity index (χ2v) is 6.69. The van der Waals surface area contributed by atoms with Gasteiger partial charge in [-0.05, 0) is 18.2 Å². The molecule has 0 atom stereocenters. The number of nitrogens with one attached hydrogen (secondary N) is 1. The summed E-state index contributed by atoms with van der Waals surface area (Å²) in [4.78, 5) is 23.2. The number of hydrogen-bond acceptors (Lipinski definition) is 5. The number of carboxylic acids is 1. The smallest absolute Gasteiger partial charge is 0.339 e. The average molecular weight is 333 g/mol. The quantitative estimate of drug-likeness (QED) is 0.867. The molecule has 0 aromatic heterocycles. The predicted molar refractivity (Wildman–Crippen MR) is 79.8 cm³/mol. The first-order chi connectivity index (χ1) is 10.9. The molecule has 0 saturated heterocycles. The summed E-state index contributed by atoms with van der Waals surface area (Å²) < 4.78 is 30.6. The van der Waals surface area contributed by atoms with Crippen molar-refractivity contribution in [3.63, 3.8) is 0 Å². The van der Waals surface area contributed by atoms with Crippen LogP contribution in [-0.4, -0.2) is 32.5 Å². The zero-order valence-corrected chi connectivity index (χ0v) is 12.7. The van der Waals surface area contributed by atoms with Gasteiger partial charge in [0.25, 0.3) is 5.91 Å². The fraction of sp³-hybridized carbons (Fsp3) is 0.0667. The van der Waals surface area contributed by atoms with Gasteiger partial charge in [-0.2, -0.15) is 0 Å². The third-order valence-corrected chi connectivity index (χ3v) is 5.34. The van der Waals surface area contributed by atoms with Gasteiger partial charge >= 0.3 is 5.97 Å². The number of benzene rings is 2. The van der Waals surface area contributed by atoms with Gasteiger partial charge in [0.1, 0.15) is 11.3 Å². The molecule has 1 amide bonds. The minimum absolute atomic E-state index is 0.000424. The van der Waals surface area contributed by atoms with Crippen LogP contribution in [-0.2, 0) is 9.84 Å². The van der Waals surface area contributed by atoms with Gasteiger partial charge in [0.05, 0.1) is 28.2 Å². The number of carboxylic acid groups (broad SMARTS) is 1. The Kier molecular flexibility index (Phi) is 3.33. The Hall–Kier alpha value is -2.87. The van der Waals surface area contributed by atoms with Crippen LogP contribution >= 0.6 is 0 Å². The predicted octanol–water partition coefficient (Wildman–Crippen LogP) is 1.79. The zero-order valence-electron chi connectivity index (χ0n) is 11.9. The Morgan fingerprint density at radius 1 is 1.17 bits per heavy atom. The van der Waals surface area contributed by atoms with Gasteiger partial charge in [-0.1, -0.05) is 12.1 Å². The second kappa shape index (κ2) is 5.10. The third kappa shape index (κ3) is 2.23. The number of anilines is 1. The molecule has 0 saturated carbocycles. The van der Waals surface area contributed by atoms with Crippen LogP contribution in [0.5, 0.6) is 5.75 Å². The van der Waals surface area contributed by atoms with E-state index >= 15 is 0 Å². The van der Waals surface area contributed by atoms with Crippen LogP contribution in [0.15, 0.2) is 46.2 Å². The van der Waals surface area contributed by atoms with Crippen LogP contribution in [0, 0.1) is 0 Å². The summed E-state index contributed by atoms with van der Waals surface area (Å²) in [6.07, 6.45) is 0. The summed E-state index contributed by atoms with van der Waals surface area (Å²) in [6.45, 7) is 0. The molecule has 0 aliphatic carbocycles. The molecule has 23 heavy (non-hydrogen) atoms. The number of aromatic carboxylic acids is 1. The Bertz CT molecular complexity index is 948. The molecule has 7 nitrogen and oxygen atoms in total. The molecule has 0 bridgehead atoms. The Morgan fingerprint density at radius 2 is 1.87 bits per heavy atom. The molecule has 3 rings (SSSR count). The Balaban J connectivity index is 2.38. The molecule has 0 fully saturated rings. The van der Waals surface area contributed by atoms with Gasteiger partial charge in [0.2, 0.25) is 9.84 Å². The molecule has 2 aromatic rings. The van der Waals surface area contributed by atoms with Crippen molar-refractivity contribution in [2.75, 3.05) is 12.4 Å². The molecule has 1 aliphatic heterocycles. The van der Waals surface area contributed by atoms with E-state index in [9.17, 15) is 23.1 Å². The molecule has 0 radical (unpaired) electrons. The number of carbonyl (C=O) groups is 2. The summed E-state index contributed by atoms with van der Waals surface area (Å²) in [6, 6.07) is 7.97. The summed E-state index contributed by atoms with van der Waals surface area (Å²) in [5, 5.41) is 11.6. The van der Waals surface area contributed by atoms with Crippen molar-refractivity contribution in [1.82, 2.24) is 0 Å². The molecule has 2 N–H and O–H groups in total. The molecule has 2 aromatic carbocycles. The lowest BCUT2D eigenvalue weighted by molar-refractivity contribution is 0.0693. The van der Waals surface area contributed by atoms with Gasteiger partial charge in [0, 0.05) is 6.07 Å². The highest BCUT2D eigenvalue weighted by molar-refractivity contribution is 7.91. The molecule has 118 valence electrons. The molecule has 8 heteroatoms. The number of carbonyl (C=O) groups excluding carboxylic acids is 1. The van der Waals surface area contributed by atoms with Crippen LogP contribution < -0.4 is 10.1 Å². The topological polar surface area (TPSA) is 110 Å². The highest BCUT2D eigenvalue weighted by Gasteiger charge is 2.32. The largest absolute Gasteiger partial charge is 0.496 e. The summed E-state index contributed by atoms with van der Waals surface area (Å²) in [5.41, 5.74) is -0.336. The van der Waals surface area contributed by atoms with Crippen LogP contribution in [0.25, 0.3) is 0 Å². The molecular weight excluding hydrogens is 322 g/mol. The normalized spacial score (nSPS) is 14.9. The molecule has 0 unspecified atom stereocenters. The monoisotopic (exact) mass is 333 g/mol. The van der Waals surface area contributed by atoms with E-state index in [0.717, 1.165) is 12.1 Å². The van der Waals surface area contributed by atoms with E-state index in [1.807, 2.05) is 0 Å². The van der Waals surface area contributed by atoms with Crippen molar-refractivity contribution in [2.24, 2.45) is 0 Å². The SMILES string of the molecule is COc1cc2c(cc1C(=O)O)NC(=O)c1ccccc1S2(=O)=O. The summed E-state index contributed by atoms with van der Waals surface area (Å²) in [7, 11) is -2.76. The van der Waals surface area contributed by atoms with Crippen molar-refractivity contribution in [1.29, 1.82) is 0 Å². The van der Waals surface area contributed by atoms with Crippen LogP contribution in [0.2, 0.25) is 0 Å². The fourth-order valence-electron chi connectivity index (χ4n) is 2.41. The number of sulfone groups is 1. The second-order valence-electron chi connectivity index (χ2n) is 4.81. The maximum Gasteiger partial charge on any atom is 0.339 e. The number of amides is 1. The maximum atomic E-state index is 12.8. The number of ether oxygens (including phenoxy) is 1. The van der Waals surface area contributed by atoms with E-state index in [2.05, 4.69) is 5.32 Å². The van der Waals surface area contributed by atoms with E-state index in [4.69, 9.17) is 4.74 Å². The molecular formula is C15H11NO6S. The van der Waals surface area contributed by atoms with Crippen molar-refractivity contribution in [3.8, 4) is 5.75 Å². The molecule has 1 heterocycles. The first kappa shape index (κ1) is 15.0. The van der Waals surface area contributed by atoms with E-state index in [0.29, 0.717) is 0 Å². The van der Waals surface area contributed by atoms with Crippen LogP contribution in [0.3, 0.4) is 0 Å². The Morgan fingerprint density at radius 3 is 2.52 bits per heavy atom. The van der Waals surface area contributed by atoms with Crippen LogP contribution in [0.1, 0.15) is 20.7 Å². The summed E-state index contributed by atoms with van der Waals surface area (Å²) >= 11 is 0. The lowest BCUT2D eigenvalue weighted by atomic mass is 10.1. The minimum atomic E-state index is -4.00. The maximum absolute atomic E-state index is 12.8.